The smallest absolute Gasteiger partial charge is 0.233 e. The molecule has 0 aliphatic carbocycles. The third-order valence-corrected chi connectivity index (χ3v) is 4.70. The highest BCUT2D eigenvalue weighted by molar-refractivity contribution is 7.99. The fraction of sp³-hybridized carbons (Fsp3) is 0.500. The van der Waals surface area contributed by atoms with Crippen LogP contribution in [0.5, 0.6) is 0 Å². The van der Waals surface area contributed by atoms with E-state index in [0.29, 0.717) is 32.1 Å². The van der Waals surface area contributed by atoms with E-state index in [1.54, 1.807) is 6.20 Å². The van der Waals surface area contributed by atoms with Crippen molar-refractivity contribution >= 4 is 17.7 Å². The van der Waals surface area contributed by atoms with E-state index in [4.69, 9.17) is 4.74 Å². The van der Waals surface area contributed by atoms with Gasteiger partial charge >= 0.3 is 0 Å². The van der Waals surface area contributed by atoms with Gasteiger partial charge in [-0.3, -0.25) is 9.78 Å². The third-order valence-electron chi connectivity index (χ3n) is 3.75. The lowest BCUT2D eigenvalue weighted by atomic mass is 10.3. The highest BCUT2D eigenvalue weighted by Gasteiger charge is 2.20. The Balaban J connectivity index is 1.71. The third kappa shape index (κ3) is 3.93. The Hall–Kier alpha value is -1.93. The summed E-state index contributed by atoms with van der Waals surface area (Å²) in [5, 5.41) is 9.31. The van der Waals surface area contributed by atoms with Crippen LogP contribution in [0.4, 0.5) is 0 Å². The molecule has 0 saturated carbocycles. The molecule has 1 aliphatic heterocycles. The first-order chi connectivity index (χ1) is 11.8. The molecular formula is C16H21N5O2S. The van der Waals surface area contributed by atoms with Gasteiger partial charge in [0.1, 0.15) is 5.69 Å². The summed E-state index contributed by atoms with van der Waals surface area (Å²) >= 11 is 1.43. The molecule has 0 unspecified atom stereocenters. The molecule has 3 rings (SSSR count). The molecule has 0 bridgehead atoms. The number of hydrogen-bond donors (Lipinski definition) is 0. The number of rotatable bonds is 6. The Bertz CT molecular complexity index is 670. The predicted molar refractivity (Wildman–Crippen MR) is 91.7 cm³/mol. The molecule has 24 heavy (non-hydrogen) atoms. The molecule has 2 aromatic heterocycles. The van der Waals surface area contributed by atoms with E-state index in [1.165, 1.54) is 11.8 Å². The Morgan fingerprint density at radius 1 is 1.29 bits per heavy atom. The van der Waals surface area contributed by atoms with E-state index in [2.05, 4.69) is 22.1 Å². The molecule has 1 amide bonds. The maximum absolute atomic E-state index is 12.3. The van der Waals surface area contributed by atoms with Gasteiger partial charge in [0, 0.05) is 25.8 Å². The first-order valence-corrected chi connectivity index (χ1v) is 9.11. The quantitative estimate of drug-likeness (QED) is 0.741. The van der Waals surface area contributed by atoms with E-state index in [-0.39, 0.29) is 5.91 Å². The van der Waals surface area contributed by atoms with Crippen LogP contribution in [-0.4, -0.2) is 62.6 Å². The van der Waals surface area contributed by atoms with Crippen molar-refractivity contribution in [2.75, 3.05) is 32.1 Å². The van der Waals surface area contributed by atoms with Gasteiger partial charge in [0.25, 0.3) is 0 Å². The molecular weight excluding hydrogens is 326 g/mol. The van der Waals surface area contributed by atoms with Crippen LogP contribution in [-0.2, 0) is 16.1 Å². The van der Waals surface area contributed by atoms with E-state index < -0.39 is 0 Å². The molecule has 2 aromatic rings. The Kier molecular flexibility index (Phi) is 5.81. The normalized spacial score (nSPS) is 14.8. The second kappa shape index (κ2) is 8.25. The van der Waals surface area contributed by atoms with Crippen LogP contribution in [0.2, 0.25) is 0 Å². The number of aromatic nitrogens is 4. The van der Waals surface area contributed by atoms with Crippen LogP contribution < -0.4 is 0 Å². The molecule has 7 nitrogen and oxygen atoms in total. The van der Waals surface area contributed by atoms with Crippen molar-refractivity contribution in [1.82, 2.24) is 24.6 Å². The van der Waals surface area contributed by atoms with Gasteiger partial charge in [-0.25, -0.2) is 0 Å². The van der Waals surface area contributed by atoms with Gasteiger partial charge in [-0.2, -0.15) is 0 Å². The van der Waals surface area contributed by atoms with Crippen LogP contribution in [0.25, 0.3) is 11.5 Å². The number of morpholine rings is 1. The minimum Gasteiger partial charge on any atom is -0.378 e. The molecule has 0 aromatic carbocycles. The summed E-state index contributed by atoms with van der Waals surface area (Å²) in [4.78, 5) is 18.5. The number of amides is 1. The van der Waals surface area contributed by atoms with E-state index >= 15 is 0 Å². The monoisotopic (exact) mass is 347 g/mol. The number of ether oxygens (including phenoxy) is 1. The van der Waals surface area contributed by atoms with Gasteiger partial charge in [-0.05, 0) is 18.6 Å². The lowest BCUT2D eigenvalue weighted by Crippen LogP contribution is -2.41. The van der Waals surface area contributed by atoms with Crippen LogP contribution in [0.3, 0.4) is 0 Å². The number of carbonyl (C=O) groups is 1. The summed E-state index contributed by atoms with van der Waals surface area (Å²) in [7, 11) is 0. The molecule has 0 radical (unpaired) electrons. The largest absolute Gasteiger partial charge is 0.378 e. The molecule has 1 aliphatic rings. The molecule has 0 atom stereocenters. The van der Waals surface area contributed by atoms with Crippen molar-refractivity contribution in [2.45, 2.75) is 25.0 Å². The standard InChI is InChI=1S/C16H21N5O2S/c1-2-7-21-15(13-5-3-4-6-17-13)18-19-16(21)24-12-14(22)20-8-10-23-11-9-20/h3-6H,2,7-12H2,1H3. The predicted octanol–water partition coefficient (Wildman–Crippen LogP) is 1.70. The average Bonchev–Trinajstić information content (AvgIpc) is 3.04. The molecule has 128 valence electrons. The molecule has 1 saturated heterocycles. The Labute approximate surface area is 145 Å². The summed E-state index contributed by atoms with van der Waals surface area (Å²) in [6, 6.07) is 5.73. The van der Waals surface area contributed by atoms with E-state index in [0.717, 1.165) is 29.6 Å². The molecule has 0 N–H and O–H groups in total. The summed E-state index contributed by atoms with van der Waals surface area (Å²) in [6.45, 7) is 5.47. The Morgan fingerprint density at radius 2 is 2.12 bits per heavy atom. The lowest BCUT2D eigenvalue weighted by molar-refractivity contribution is -0.132. The minimum atomic E-state index is 0.119. The van der Waals surface area contributed by atoms with Crippen molar-refractivity contribution in [2.24, 2.45) is 0 Å². The fourth-order valence-corrected chi connectivity index (χ4v) is 3.40. The first kappa shape index (κ1) is 16.9. The van der Waals surface area contributed by atoms with Gasteiger partial charge in [-0.15, -0.1) is 10.2 Å². The second-order valence-electron chi connectivity index (χ2n) is 5.45. The lowest BCUT2D eigenvalue weighted by Gasteiger charge is -2.26. The Morgan fingerprint density at radius 3 is 2.83 bits per heavy atom. The van der Waals surface area contributed by atoms with Gasteiger partial charge < -0.3 is 14.2 Å². The van der Waals surface area contributed by atoms with E-state index in [1.807, 2.05) is 27.7 Å². The topological polar surface area (TPSA) is 73.1 Å². The summed E-state index contributed by atoms with van der Waals surface area (Å²) < 4.78 is 7.32. The van der Waals surface area contributed by atoms with Gasteiger partial charge in [-0.1, -0.05) is 24.8 Å². The average molecular weight is 347 g/mol. The molecule has 3 heterocycles. The molecule has 0 spiro atoms. The maximum atomic E-state index is 12.3. The van der Waals surface area contributed by atoms with Gasteiger partial charge in [0.05, 0.1) is 19.0 Å². The van der Waals surface area contributed by atoms with Crippen molar-refractivity contribution in [3.63, 3.8) is 0 Å². The van der Waals surface area contributed by atoms with Crippen molar-refractivity contribution < 1.29 is 9.53 Å². The van der Waals surface area contributed by atoms with Crippen molar-refractivity contribution in [3.05, 3.63) is 24.4 Å². The van der Waals surface area contributed by atoms with Crippen LogP contribution in [0.1, 0.15) is 13.3 Å². The zero-order chi connectivity index (χ0) is 16.8. The molecule has 8 heteroatoms. The zero-order valence-electron chi connectivity index (χ0n) is 13.7. The van der Waals surface area contributed by atoms with Gasteiger partial charge in [0.2, 0.25) is 5.91 Å². The van der Waals surface area contributed by atoms with Crippen molar-refractivity contribution in [3.8, 4) is 11.5 Å². The summed E-state index contributed by atoms with van der Waals surface area (Å²) in [5.74, 6) is 1.23. The summed E-state index contributed by atoms with van der Waals surface area (Å²) in [5.41, 5.74) is 0.796. The number of thioether (sulfide) groups is 1. The highest BCUT2D eigenvalue weighted by atomic mass is 32.2. The number of carbonyl (C=O) groups excluding carboxylic acids is 1. The van der Waals surface area contributed by atoms with E-state index in [9.17, 15) is 4.79 Å². The first-order valence-electron chi connectivity index (χ1n) is 8.12. The number of nitrogens with zero attached hydrogens (tertiary/aromatic N) is 5. The molecule has 1 fully saturated rings. The van der Waals surface area contributed by atoms with Gasteiger partial charge in [0.15, 0.2) is 11.0 Å². The maximum Gasteiger partial charge on any atom is 0.233 e. The zero-order valence-corrected chi connectivity index (χ0v) is 14.5. The van der Waals surface area contributed by atoms with Crippen LogP contribution in [0, 0.1) is 0 Å². The van der Waals surface area contributed by atoms with Crippen molar-refractivity contribution in [1.29, 1.82) is 0 Å². The second-order valence-corrected chi connectivity index (χ2v) is 6.40. The number of hydrogen-bond acceptors (Lipinski definition) is 6. The SMILES string of the molecule is CCCn1c(SCC(=O)N2CCOCC2)nnc1-c1ccccn1. The fourth-order valence-electron chi connectivity index (χ4n) is 2.54. The summed E-state index contributed by atoms with van der Waals surface area (Å²) in [6.07, 6.45) is 2.71. The number of pyridine rings is 1. The van der Waals surface area contributed by atoms with Crippen LogP contribution in [0.15, 0.2) is 29.6 Å². The minimum absolute atomic E-state index is 0.119. The van der Waals surface area contributed by atoms with Crippen LogP contribution >= 0.6 is 11.8 Å². The highest BCUT2D eigenvalue weighted by Crippen LogP contribution is 2.23.